The number of rotatable bonds is 2. The lowest BCUT2D eigenvalue weighted by Gasteiger charge is -2.20. The van der Waals surface area contributed by atoms with Crippen LogP contribution in [0.3, 0.4) is 0 Å². The molecule has 0 aliphatic heterocycles. The van der Waals surface area contributed by atoms with Crippen LogP contribution in [-0.4, -0.2) is 0 Å². The average molecular weight is 326 g/mol. The fraction of sp³-hybridized carbons (Fsp3) is 0.455. The second kappa shape index (κ2) is 6.17. The van der Waals surface area contributed by atoms with Gasteiger partial charge in [-0.15, -0.1) is 12.4 Å². The van der Waals surface area contributed by atoms with Crippen LogP contribution in [0.2, 0.25) is 0 Å². The molecule has 0 radical (unpaired) electrons. The summed E-state index contributed by atoms with van der Waals surface area (Å²) < 4.78 is 88.8. The van der Waals surface area contributed by atoms with Crippen LogP contribution in [0.1, 0.15) is 36.1 Å². The highest BCUT2D eigenvalue weighted by Crippen LogP contribution is 2.40. The average Bonchev–Trinajstić information content (AvgIpc) is 2.24. The fourth-order valence-electron chi connectivity index (χ4n) is 1.60. The molecule has 0 aromatic heterocycles. The third-order valence-electron chi connectivity index (χ3n) is 2.57. The first-order chi connectivity index (χ1) is 8.48. The smallest absolute Gasteiger partial charge is 0.324 e. The molecule has 0 spiro atoms. The second-order valence-electron chi connectivity index (χ2n) is 3.93. The van der Waals surface area contributed by atoms with Crippen molar-refractivity contribution in [3.63, 3.8) is 0 Å². The molecular weight excluding hydrogens is 315 g/mol. The molecule has 0 amide bonds. The lowest BCUT2D eigenvalue weighted by Crippen LogP contribution is -2.21. The Morgan fingerprint density at radius 1 is 1.05 bits per heavy atom. The molecule has 0 aliphatic rings. The summed E-state index contributed by atoms with van der Waals surface area (Å²) in [5, 5.41) is 0. The molecule has 1 atom stereocenters. The van der Waals surface area contributed by atoms with Crippen LogP contribution in [0, 0.1) is 5.82 Å². The minimum absolute atomic E-state index is 0. The summed E-state index contributed by atoms with van der Waals surface area (Å²) in [6, 6.07) is -1.41. The topological polar surface area (TPSA) is 26.0 Å². The lowest BCUT2D eigenvalue weighted by molar-refractivity contribution is -0.144. The van der Waals surface area contributed by atoms with Crippen LogP contribution in [0.15, 0.2) is 12.1 Å². The molecule has 0 saturated carbocycles. The number of nitrogens with two attached hydrogens (primary N) is 1. The van der Waals surface area contributed by atoms with Gasteiger partial charge in [0.15, 0.2) is 0 Å². The first-order valence-corrected chi connectivity index (χ1v) is 5.21. The van der Waals surface area contributed by atoms with Crippen molar-refractivity contribution in [2.75, 3.05) is 0 Å². The molecule has 116 valence electrons. The van der Waals surface area contributed by atoms with Gasteiger partial charge in [0.05, 0.1) is 11.1 Å². The van der Waals surface area contributed by atoms with Crippen molar-refractivity contribution in [3.05, 3.63) is 34.6 Å². The summed E-state index contributed by atoms with van der Waals surface area (Å²) in [5.41, 5.74) is 1.01. The zero-order valence-corrected chi connectivity index (χ0v) is 10.9. The van der Waals surface area contributed by atoms with E-state index >= 15 is 0 Å². The predicted octanol–water partition coefficient (Wildman–Crippen LogP) is 4.69. The van der Waals surface area contributed by atoms with Gasteiger partial charge in [-0.2, -0.15) is 26.3 Å². The van der Waals surface area contributed by atoms with E-state index in [1.165, 1.54) is 6.92 Å². The third-order valence-corrected chi connectivity index (χ3v) is 2.57. The SMILES string of the molecule is CC[C@H](N)c1c(F)cc(C(F)(F)F)cc1C(F)(F)F.Cl. The van der Waals surface area contributed by atoms with Crippen LogP contribution >= 0.6 is 12.4 Å². The van der Waals surface area contributed by atoms with Crippen LogP contribution in [0.25, 0.3) is 0 Å². The molecule has 2 N–H and O–H groups in total. The summed E-state index contributed by atoms with van der Waals surface area (Å²) in [6.07, 6.45) is -10.2. The van der Waals surface area contributed by atoms with Gasteiger partial charge in [-0.25, -0.2) is 4.39 Å². The van der Waals surface area contributed by atoms with E-state index in [1.807, 2.05) is 0 Å². The maximum atomic E-state index is 13.5. The molecule has 9 heteroatoms. The van der Waals surface area contributed by atoms with Crippen LogP contribution in [-0.2, 0) is 12.4 Å². The van der Waals surface area contributed by atoms with E-state index in [0.29, 0.717) is 0 Å². The highest BCUT2D eigenvalue weighted by Gasteiger charge is 2.40. The molecule has 1 aromatic rings. The van der Waals surface area contributed by atoms with E-state index in [2.05, 4.69) is 0 Å². The molecule has 0 bridgehead atoms. The van der Waals surface area contributed by atoms with Gasteiger partial charge in [0.25, 0.3) is 0 Å². The predicted molar refractivity (Wildman–Crippen MR) is 60.9 cm³/mol. The van der Waals surface area contributed by atoms with Crippen LogP contribution in [0.4, 0.5) is 30.7 Å². The van der Waals surface area contributed by atoms with E-state index in [0.717, 1.165) is 0 Å². The van der Waals surface area contributed by atoms with Gasteiger partial charge in [-0.05, 0) is 18.6 Å². The summed E-state index contributed by atoms with van der Waals surface area (Å²) in [4.78, 5) is 0. The van der Waals surface area contributed by atoms with Crippen molar-refractivity contribution in [3.8, 4) is 0 Å². The molecule has 0 heterocycles. The molecule has 1 nitrogen and oxygen atoms in total. The molecular formula is C11H11ClF7N. The number of benzene rings is 1. The van der Waals surface area contributed by atoms with Crippen LogP contribution in [0.5, 0.6) is 0 Å². The van der Waals surface area contributed by atoms with Crippen molar-refractivity contribution in [1.82, 2.24) is 0 Å². The zero-order valence-electron chi connectivity index (χ0n) is 10.1. The van der Waals surface area contributed by atoms with Crippen molar-refractivity contribution >= 4 is 12.4 Å². The normalized spacial score (nSPS) is 13.8. The lowest BCUT2D eigenvalue weighted by atomic mass is 9.95. The Balaban J connectivity index is 0.00000361. The van der Waals surface area contributed by atoms with E-state index in [1.54, 1.807) is 0 Å². The highest BCUT2D eigenvalue weighted by molar-refractivity contribution is 5.85. The summed E-state index contributed by atoms with van der Waals surface area (Å²) in [7, 11) is 0. The van der Waals surface area contributed by atoms with Gasteiger partial charge >= 0.3 is 12.4 Å². The monoisotopic (exact) mass is 325 g/mol. The number of hydrogen-bond acceptors (Lipinski definition) is 1. The van der Waals surface area contributed by atoms with Gasteiger partial charge in [0.1, 0.15) is 5.82 Å². The van der Waals surface area contributed by atoms with Crippen molar-refractivity contribution in [2.24, 2.45) is 5.73 Å². The Kier molecular flexibility index (Phi) is 5.86. The molecule has 20 heavy (non-hydrogen) atoms. The van der Waals surface area contributed by atoms with Crippen molar-refractivity contribution < 1.29 is 30.7 Å². The summed E-state index contributed by atoms with van der Waals surface area (Å²) in [6.45, 7) is 1.40. The minimum atomic E-state index is -5.11. The maximum Gasteiger partial charge on any atom is 0.416 e. The molecule has 0 unspecified atom stereocenters. The largest absolute Gasteiger partial charge is 0.416 e. The molecule has 0 fully saturated rings. The van der Waals surface area contributed by atoms with Crippen molar-refractivity contribution in [1.29, 1.82) is 0 Å². The Morgan fingerprint density at radius 3 is 1.90 bits per heavy atom. The second-order valence-corrected chi connectivity index (χ2v) is 3.93. The maximum absolute atomic E-state index is 13.5. The first kappa shape index (κ1) is 19.0. The Bertz CT molecular complexity index is 467. The van der Waals surface area contributed by atoms with Gasteiger partial charge in [-0.1, -0.05) is 6.92 Å². The van der Waals surface area contributed by atoms with Gasteiger partial charge in [0, 0.05) is 11.6 Å². The fourth-order valence-corrected chi connectivity index (χ4v) is 1.60. The Labute approximate surface area is 116 Å². The van der Waals surface area contributed by atoms with E-state index in [-0.39, 0.29) is 31.0 Å². The van der Waals surface area contributed by atoms with E-state index < -0.39 is 40.9 Å². The van der Waals surface area contributed by atoms with Crippen molar-refractivity contribution in [2.45, 2.75) is 31.7 Å². The molecule has 0 aliphatic carbocycles. The first-order valence-electron chi connectivity index (χ1n) is 5.21. The molecule has 1 rings (SSSR count). The summed E-state index contributed by atoms with van der Waals surface area (Å²) >= 11 is 0. The standard InChI is InChI=1S/C11H10F7N.ClH/c1-2-8(19)9-6(11(16,17)18)3-5(4-7(9)12)10(13,14)15;/h3-4,8H,2,19H2,1H3;1H/t8-;/m0./s1. The highest BCUT2D eigenvalue weighted by atomic mass is 35.5. The quantitative estimate of drug-likeness (QED) is 0.784. The third kappa shape index (κ3) is 3.99. The molecule has 0 saturated heterocycles. The van der Waals surface area contributed by atoms with Gasteiger partial charge < -0.3 is 5.73 Å². The van der Waals surface area contributed by atoms with E-state index in [4.69, 9.17) is 5.73 Å². The zero-order chi connectivity index (χ0) is 15.0. The molecule has 1 aromatic carbocycles. The number of halogens is 8. The Hall–Kier alpha value is -1.02. The van der Waals surface area contributed by atoms with Gasteiger partial charge in [-0.3, -0.25) is 0 Å². The summed E-state index contributed by atoms with van der Waals surface area (Å²) in [5.74, 6) is -1.60. The van der Waals surface area contributed by atoms with Gasteiger partial charge in [0.2, 0.25) is 0 Å². The number of alkyl halides is 6. The van der Waals surface area contributed by atoms with E-state index in [9.17, 15) is 30.7 Å². The van der Waals surface area contributed by atoms with Crippen LogP contribution < -0.4 is 5.73 Å². The minimum Gasteiger partial charge on any atom is -0.324 e. The number of hydrogen-bond donors (Lipinski definition) is 1. The Morgan fingerprint density at radius 2 is 1.55 bits per heavy atom.